The van der Waals surface area contributed by atoms with Gasteiger partial charge in [-0.15, -0.1) is 4.99 Å². The van der Waals surface area contributed by atoms with Crippen molar-refractivity contribution in [3.8, 4) is 6.19 Å². The van der Waals surface area contributed by atoms with Crippen LogP contribution >= 0.6 is 11.8 Å². The topological polar surface area (TPSA) is 42.6 Å². The molecule has 1 aromatic carbocycles. The standard InChI is InChI=1S/C18H28N4S/c1-4-21(5-2)14-15-22(18(23-3)20-16-19)13-9-12-17-10-7-6-8-11-17/h6-8,10-11H,4-5,9,12-15H2,1-3H3. The average molecular weight is 333 g/mol. The molecular weight excluding hydrogens is 304 g/mol. The van der Waals surface area contributed by atoms with Crippen LogP contribution in [0.1, 0.15) is 25.8 Å². The number of hydrogen-bond acceptors (Lipinski definition) is 4. The molecule has 0 atom stereocenters. The summed E-state index contributed by atoms with van der Waals surface area (Å²) in [5.74, 6) is 0. The zero-order valence-corrected chi connectivity index (χ0v) is 15.4. The molecule has 1 aromatic rings. The van der Waals surface area contributed by atoms with Crippen molar-refractivity contribution in [2.75, 3.05) is 39.0 Å². The number of rotatable bonds is 9. The Labute approximate surface area is 145 Å². The van der Waals surface area contributed by atoms with Crippen LogP contribution in [-0.4, -0.2) is 53.9 Å². The van der Waals surface area contributed by atoms with Crippen molar-refractivity contribution < 1.29 is 0 Å². The number of thioether (sulfide) groups is 1. The summed E-state index contributed by atoms with van der Waals surface area (Å²) < 4.78 is 0. The Morgan fingerprint density at radius 3 is 2.39 bits per heavy atom. The third kappa shape index (κ3) is 7.54. The summed E-state index contributed by atoms with van der Waals surface area (Å²) in [5.41, 5.74) is 1.36. The highest BCUT2D eigenvalue weighted by Gasteiger charge is 2.12. The van der Waals surface area contributed by atoms with Gasteiger partial charge in [0.05, 0.1) is 0 Å². The van der Waals surface area contributed by atoms with Crippen LogP contribution in [0.15, 0.2) is 35.3 Å². The minimum Gasteiger partial charge on any atom is -0.349 e. The molecule has 0 aliphatic rings. The summed E-state index contributed by atoms with van der Waals surface area (Å²) in [7, 11) is 0. The van der Waals surface area contributed by atoms with Gasteiger partial charge >= 0.3 is 0 Å². The van der Waals surface area contributed by atoms with E-state index in [1.54, 1.807) is 11.8 Å². The number of aryl methyl sites for hydroxylation is 1. The lowest BCUT2D eigenvalue weighted by Gasteiger charge is -2.27. The van der Waals surface area contributed by atoms with Crippen LogP contribution in [0.3, 0.4) is 0 Å². The van der Waals surface area contributed by atoms with Crippen LogP contribution in [0.4, 0.5) is 0 Å². The molecule has 0 saturated heterocycles. The number of nitriles is 1. The predicted molar refractivity (Wildman–Crippen MR) is 101 cm³/mol. The molecule has 0 spiro atoms. The first-order valence-corrected chi connectivity index (χ1v) is 9.49. The molecule has 0 unspecified atom stereocenters. The third-order valence-corrected chi connectivity index (χ3v) is 4.63. The fourth-order valence-electron chi connectivity index (χ4n) is 2.51. The second-order valence-electron chi connectivity index (χ2n) is 5.30. The van der Waals surface area contributed by atoms with Crippen LogP contribution in [-0.2, 0) is 6.42 Å². The maximum Gasteiger partial charge on any atom is 0.208 e. The molecule has 0 N–H and O–H groups in total. The molecule has 0 amide bonds. The van der Waals surface area contributed by atoms with Gasteiger partial charge in [-0.1, -0.05) is 55.9 Å². The molecule has 0 aliphatic carbocycles. The van der Waals surface area contributed by atoms with Gasteiger partial charge in [-0.05, 0) is 37.8 Å². The van der Waals surface area contributed by atoms with Crippen molar-refractivity contribution >= 4 is 16.9 Å². The van der Waals surface area contributed by atoms with Crippen molar-refractivity contribution in [2.45, 2.75) is 26.7 Å². The van der Waals surface area contributed by atoms with E-state index in [4.69, 9.17) is 5.26 Å². The van der Waals surface area contributed by atoms with Gasteiger partial charge in [0.25, 0.3) is 0 Å². The largest absolute Gasteiger partial charge is 0.349 e. The maximum absolute atomic E-state index is 8.90. The van der Waals surface area contributed by atoms with Crippen LogP contribution in [0, 0.1) is 11.5 Å². The van der Waals surface area contributed by atoms with Gasteiger partial charge in [0.15, 0.2) is 5.17 Å². The first-order chi connectivity index (χ1) is 11.2. The highest BCUT2D eigenvalue weighted by atomic mass is 32.2. The van der Waals surface area contributed by atoms with Gasteiger partial charge in [0.1, 0.15) is 0 Å². The van der Waals surface area contributed by atoms with Crippen LogP contribution < -0.4 is 0 Å². The van der Waals surface area contributed by atoms with Crippen molar-refractivity contribution in [1.82, 2.24) is 9.80 Å². The van der Waals surface area contributed by atoms with Gasteiger partial charge in [-0.2, -0.15) is 5.26 Å². The van der Waals surface area contributed by atoms with Crippen LogP contribution in [0.2, 0.25) is 0 Å². The Kier molecular flexibility index (Phi) is 10.2. The molecule has 0 fully saturated rings. The number of amidine groups is 1. The summed E-state index contributed by atoms with van der Waals surface area (Å²) in [4.78, 5) is 8.63. The fraction of sp³-hybridized carbons (Fsp3) is 0.556. The van der Waals surface area contributed by atoms with Crippen molar-refractivity contribution in [3.05, 3.63) is 35.9 Å². The molecule has 126 valence electrons. The second-order valence-corrected chi connectivity index (χ2v) is 6.07. The minimum atomic E-state index is 0.827. The predicted octanol–water partition coefficient (Wildman–Crippen LogP) is 3.46. The van der Waals surface area contributed by atoms with Gasteiger partial charge < -0.3 is 9.80 Å². The normalized spacial score (nSPS) is 11.5. The molecule has 4 nitrogen and oxygen atoms in total. The lowest BCUT2D eigenvalue weighted by atomic mass is 10.1. The van der Waals surface area contributed by atoms with Gasteiger partial charge in [-0.25, -0.2) is 0 Å². The Hall–Kier alpha value is -1.51. The molecule has 0 aliphatic heterocycles. The SMILES string of the molecule is CCN(CC)CCN(CCCc1ccccc1)C(=NC#N)SC. The maximum atomic E-state index is 8.90. The van der Waals surface area contributed by atoms with E-state index >= 15 is 0 Å². The molecule has 0 saturated carbocycles. The van der Waals surface area contributed by atoms with Gasteiger partial charge in [0, 0.05) is 19.6 Å². The summed E-state index contributed by atoms with van der Waals surface area (Å²) >= 11 is 1.55. The van der Waals surface area contributed by atoms with E-state index in [-0.39, 0.29) is 0 Å². The van der Waals surface area contributed by atoms with Crippen molar-refractivity contribution in [3.63, 3.8) is 0 Å². The number of aliphatic imine (C=N–C) groups is 1. The number of likely N-dealkylation sites (N-methyl/N-ethyl adjacent to an activating group) is 1. The summed E-state index contributed by atoms with van der Waals surface area (Å²) in [6.45, 7) is 9.32. The highest BCUT2D eigenvalue weighted by Crippen LogP contribution is 2.09. The number of hydrogen-bond donors (Lipinski definition) is 0. The Balaban J connectivity index is 2.59. The van der Waals surface area contributed by atoms with E-state index in [2.05, 4.69) is 52.9 Å². The summed E-state index contributed by atoms with van der Waals surface area (Å²) in [6, 6.07) is 10.5. The summed E-state index contributed by atoms with van der Waals surface area (Å²) in [5, 5.41) is 9.73. The quantitative estimate of drug-likeness (QED) is 0.394. The van der Waals surface area contributed by atoms with E-state index in [0.29, 0.717) is 0 Å². The molecule has 0 radical (unpaired) electrons. The minimum absolute atomic E-state index is 0.827. The highest BCUT2D eigenvalue weighted by molar-refractivity contribution is 8.13. The first-order valence-electron chi connectivity index (χ1n) is 8.27. The Morgan fingerprint density at radius 1 is 1.13 bits per heavy atom. The molecule has 5 heteroatoms. The molecule has 0 heterocycles. The summed E-state index contributed by atoms with van der Waals surface area (Å²) in [6.07, 6.45) is 6.03. The van der Waals surface area contributed by atoms with E-state index in [1.807, 2.05) is 18.5 Å². The third-order valence-electron chi connectivity index (χ3n) is 3.92. The lowest BCUT2D eigenvalue weighted by molar-refractivity contribution is 0.268. The molecule has 0 aromatic heterocycles. The van der Waals surface area contributed by atoms with Gasteiger partial charge in [-0.3, -0.25) is 0 Å². The molecule has 1 rings (SSSR count). The van der Waals surface area contributed by atoms with Crippen molar-refractivity contribution in [2.24, 2.45) is 4.99 Å². The number of benzene rings is 1. The van der Waals surface area contributed by atoms with E-state index < -0.39 is 0 Å². The van der Waals surface area contributed by atoms with Crippen molar-refractivity contribution in [1.29, 1.82) is 5.26 Å². The second kappa shape index (κ2) is 12.0. The zero-order valence-electron chi connectivity index (χ0n) is 14.5. The number of nitrogens with zero attached hydrogens (tertiary/aromatic N) is 4. The Bertz CT molecular complexity index is 491. The fourth-order valence-corrected chi connectivity index (χ4v) is 3.08. The Morgan fingerprint density at radius 2 is 1.83 bits per heavy atom. The van der Waals surface area contributed by atoms with E-state index in [0.717, 1.165) is 50.7 Å². The lowest BCUT2D eigenvalue weighted by Crippen LogP contribution is -2.38. The zero-order chi connectivity index (χ0) is 16.9. The van der Waals surface area contributed by atoms with E-state index in [9.17, 15) is 0 Å². The first kappa shape index (κ1) is 19.5. The van der Waals surface area contributed by atoms with Gasteiger partial charge in [0.2, 0.25) is 6.19 Å². The van der Waals surface area contributed by atoms with Crippen LogP contribution in [0.5, 0.6) is 0 Å². The molecule has 0 bridgehead atoms. The smallest absolute Gasteiger partial charge is 0.208 e. The molecule has 23 heavy (non-hydrogen) atoms. The van der Waals surface area contributed by atoms with E-state index in [1.165, 1.54) is 5.56 Å². The monoisotopic (exact) mass is 332 g/mol. The van der Waals surface area contributed by atoms with Crippen LogP contribution in [0.25, 0.3) is 0 Å². The molecular formula is C18H28N4S. The average Bonchev–Trinajstić information content (AvgIpc) is 2.60.